The van der Waals surface area contributed by atoms with Gasteiger partial charge in [-0.2, -0.15) is 11.3 Å². The number of nitrogens with zero attached hydrogens (tertiary/aromatic N) is 2. The molecule has 0 aliphatic rings. The standard InChI is InChI=1S/C13H25N3S/c1-11(14)13(12-6-9-17-10-12)16(4)8-5-7-15(2)3/h6,9-11,13H,5,7-8,14H2,1-4H3. The Morgan fingerprint density at radius 2 is 2.00 bits per heavy atom. The second-order valence-corrected chi connectivity index (χ2v) is 5.78. The molecule has 1 heterocycles. The normalized spacial score (nSPS) is 15.5. The molecule has 0 aliphatic carbocycles. The maximum absolute atomic E-state index is 6.11. The van der Waals surface area contributed by atoms with Gasteiger partial charge in [-0.1, -0.05) is 0 Å². The monoisotopic (exact) mass is 255 g/mol. The Morgan fingerprint density at radius 1 is 1.29 bits per heavy atom. The van der Waals surface area contributed by atoms with Gasteiger partial charge in [0.25, 0.3) is 0 Å². The highest BCUT2D eigenvalue weighted by molar-refractivity contribution is 7.07. The first-order chi connectivity index (χ1) is 8.02. The molecule has 2 unspecified atom stereocenters. The highest BCUT2D eigenvalue weighted by Gasteiger charge is 2.20. The zero-order valence-corrected chi connectivity index (χ0v) is 12.2. The molecule has 2 atom stereocenters. The lowest BCUT2D eigenvalue weighted by molar-refractivity contribution is 0.208. The smallest absolute Gasteiger partial charge is 0.0501 e. The van der Waals surface area contributed by atoms with Crippen molar-refractivity contribution >= 4 is 11.3 Å². The summed E-state index contributed by atoms with van der Waals surface area (Å²) in [6, 6.07) is 2.68. The summed E-state index contributed by atoms with van der Waals surface area (Å²) in [5.41, 5.74) is 7.46. The van der Waals surface area contributed by atoms with Crippen molar-refractivity contribution in [3.05, 3.63) is 22.4 Å². The summed E-state index contributed by atoms with van der Waals surface area (Å²) in [4.78, 5) is 4.59. The molecule has 0 bridgehead atoms. The van der Waals surface area contributed by atoms with E-state index in [1.165, 1.54) is 12.0 Å². The zero-order valence-electron chi connectivity index (χ0n) is 11.4. The fourth-order valence-electron chi connectivity index (χ4n) is 2.18. The molecule has 0 aromatic carbocycles. The largest absolute Gasteiger partial charge is 0.326 e. The van der Waals surface area contributed by atoms with E-state index < -0.39 is 0 Å². The lowest BCUT2D eigenvalue weighted by atomic mass is 10.0. The van der Waals surface area contributed by atoms with Crippen molar-refractivity contribution in [2.75, 3.05) is 34.2 Å². The molecular formula is C13H25N3S. The van der Waals surface area contributed by atoms with Crippen LogP contribution in [0.2, 0.25) is 0 Å². The molecule has 0 spiro atoms. The minimum atomic E-state index is 0.161. The fourth-order valence-corrected chi connectivity index (χ4v) is 2.87. The Morgan fingerprint density at radius 3 is 2.47 bits per heavy atom. The van der Waals surface area contributed by atoms with E-state index in [1.54, 1.807) is 11.3 Å². The van der Waals surface area contributed by atoms with Crippen LogP contribution in [0.5, 0.6) is 0 Å². The SMILES string of the molecule is CC(N)C(c1ccsc1)N(C)CCCN(C)C. The van der Waals surface area contributed by atoms with Gasteiger partial charge in [-0.3, -0.25) is 4.90 Å². The topological polar surface area (TPSA) is 32.5 Å². The van der Waals surface area contributed by atoms with E-state index >= 15 is 0 Å². The van der Waals surface area contributed by atoms with Crippen molar-refractivity contribution < 1.29 is 0 Å². The lowest BCUT2D eigenvalue weighted by Crippen LogP contribution is -2.38. The van der Waals surface area contributed by atoms with Crippen LogP contribution in [0.25, 0.3) is 0 Å². The first-order valence-corrected chi connectivity index (χ1v) is 7.09. The van der Waals surface area contributed by atoms with Crippen molar-refractivity contribution in [1.82, 2.24) is 9.80 Å². The second-order valence-electron chi connectivity index (χ2n) is 5.00. The zero-order chi connectivity index (χ0) is 12.8. The highest BCUT2D eigenvalue weighted by Crippen LogP contribution is 2.24. The second kappa shape index (κ2) is 7.11. The van der Waals surface area contributed by atoms with Crippen LogP contribution in [0.4, 0.5) is 0 Å². The van der Waals surface area contributed by atoms with Crippen molar-refractivity contribution in [3.8, 4) is 0 Å². The molecule has 17 heavy (non-hydrogen) atoms. The number of hydrogen-bond acceptors (Lipinski definition) is 4. The number of rotatable bonds is 7. The molecule has 3 nitrogen and oxygen atoms in total. The molecule has 1 rings (SSSR count). The van der Waals surface area contributed by atoms with Crippen LogP contribution in [-0.4, -0.2) is 50.1 Å². The summed E-state index contributed by atoms with van der Waals surface area (Å²) in [6.45, 7) is 4.30. The summed E-state index contributed by atoms with van der Waals surface area (Å²) in [6.07, 6.45) is 1.18. The number of nitrogens with two attached hydrogens (primary N) is 1. The molecule has 0 aliphatic heterocycles. The summed E-state index contributed by atoms with van der Waals surface area (Å²) in [5.74, 6) is 0. The van der Waals surface area contributed by atoms with Crippen LogP contribution in [-0.2, 0) is 0 Å². The Bertz CT molecular complexity index is 296. The van der Waals surface area contributed by atoms with Crippen molar-refractivity contribution in [1.29, 1.82) is 0 Å². The van der Waals surface area contributed by atoms with E-state index in [4.69, 9.17) is 5.73 Å². The van der Waals surface area contributed by atoms with Gasteiger partial charge >= 0.3 is 0 Å². The van der Waals surface area contributed by atoms with E-state index in [9.17, 15) is 0 Å². The van der Waals surface area contributed by atoms with E-state index in [1.807, 2.05) is 0 Å². The minimum Gasteiger partial charge on any atom is -0.326 e. The molecule has 1 aromatic rings. The van der Waals surface area contributed by atoms with Gasteiger partial charge in [0.2, 0.25) is 0 Å². The van der Waals surface area contributed by atoms with Crippen LogP contribution in [0.1, 0.15) is 24.9 Å². The Hall–Kier alpha value is -0.420. The first kappa shape index (κ1) is 14.6. The molecule has 0 amide bonds. The Labute approximate surface area is 109 Å². The fraction of sp³-hybridized carbons (Fsp3) is 0.692. The molecule has 4 heteroatoms. The first-order valence-electron chi connectivity index (χ1n) is 6.15. The highest BCUT2D eigenvalue weighted by atomic mass is 32.1. The van der Waals surface area contributed by atoms with Crippen LogP contribution in [0.3, 0.4) is 0 Å². The van der Waals surface area contributed by atoms with Gasteiger partial charge in [0.05, 0.1) is 6.04 Å². The molecule has 98 valence electrons. The maximum atomic E-state index is 6.11. The van der Waals surface area contributed by atoms with Crippen LogP contribution >= 0.6 is 11.3 Å². The van der Waals surface area contributed by atoms with Gasteiger partial charge in [0.15, 0.2) is 0 Å². The van der Waals surface area contributed by atoms with Gasteiger partial charge in [0, 0.05) is 6.04 Å². The summed E-state index contributed by atoms with van der Waals surface area (Å²) >= 11 is 1.74. The van der Waals surface area contributed by atoms with Crippen molar-refractivity contribution in [2.45, 2.75) is 25.4 Å². The Balaban J connectivity index is 2.53. The molecule has 2 N–H and O–H groups in total. The molecule has 0 radical (unpaired) electrons. The molecule has 0 fully saturated rings. The van der Waals surface area contributed by atoms with Crippen LogP contribution in [0, 0.1) is 0 Å². The Kier molecular flexibility index (Phi) is 6.12. The summed E-state index contributed by atoms with van der Waals surface area (Å²) in [7, 11) is 6.39. The molecular weight excluding hydrogens is 230 g/mol. The average Bonchev–Trinajstić information content (AvgIpc) is 2.69. The molecule has 0 saturated heterocycles. The minimum absolute atomic E-state index is 0.161. The van der Waals surface area contributed by atoms with E-state index in [2.05, 4.69) is 54.7 Å². The van der Waals surface area contributed by atoms with Gasteiger partial charge < -0.3 is 10.6 Å². The lowest BCUT2D eigenvalue weighted by Gasteiger charge is -2.31. The third kappa shape index (κ3) is 4.76. The maximum Gasteiger partial charge on any atom is 0.0501 e. The third-order valence-corrected chi connectivity index (χ3v) is 3.68. The average molecular weight is 255 g/mol. The number of thiophene rings is 1. The number of likely N-dealkylation sites (N-methyl/N-ethyl adjacent to an activating group) is 1. The van der Waals surface area contributed by atoms with Crippen molar-refractivity contribution in [2.24, 2.45) is 5.73 Å². The van der Waals surface area contributed by atoms with Gasteiger partial charge in [-0.15, -0.1) is 0 Å². The molecule has 0 saturated carbocycles. The van der Waals surface area contributed by atoms with Crippen molar-refractivity contribution in [3.63, 3.8) is 0 Å². The summed E-state index contributed by atoms with van der Waals surface area (Å²) < 4.78 is 0. The number of hydrogen-bond donors (Lipinski definition) is 1. The third-order valence-electron chi connectivity index (χ3n) is 2.97. The summed E-state index contributed by atoms with van der Waals surface area (Å²) in [5, 5.41) is 4.33. The van der Waals surface area contributed by atoms with Gasteiger partial charge in [-0.05, 0) is 70.0 Å². The van der Waals surface area contributed by atoms with E-state index in [-0.39, 0.29) is 6.04 Å². The molecule has 1 aromatic heterocycles. The van der Waals surface area contributed by atoms with Crippen LogP contribution in [0.15, 0.2) is 16.8 Å². The van der Waals surface area contributed by atoms with Gasteiger partial charge in [0.1, 0.15) is 0 Å². The predicted molar refractivity (Wildman–Crippen MR) is 76.5 cm³/mol. The van der Waals surface area contributed by atoms with E-state index in [0.717, 1.165) is 13.1 Å². The van der Waals surface area contributed by atoms with Crippen LogP contribution < -0.4 is 5.73 Å². The van der Waals surface area contributed by atoms with E-state index in [0.29, 0.717) is 6.04 Å². The van der Waals surface area contributed by atoms with Gasteiger partial charge in [-0.25, -0.2) is 0 Å². The quantitative estimate of drug-likeness (QED) is 0.809. The predicted octanol–water partition coefficient (Wildman–Crippen LogP) is 2.02.